The molecule has 0 spiro atoms. The summed E-state index contributed by atoms with van der Waals surface area (Å²) in [7, 11) is 0. The van der Waals surface area contributed by atoms with Crippen LogP contribution in [0.3, 0.4) is 0 Å². The molecule has 0 aliphatic rings. The molecule has 0 saturated heterocycles. The lowest BCUT2D eigenvalue weighted by atomic mass is 10.0. The number of aromatic hydroxyl groups is 1. The van der Waals surface area contributed by atoms with Crippen LogP contribution in [0.2, 0.25) is 0 Å². The quantitative estimate of drug-likeness (QED) is 0.736. The van der Waals surface area contributed by atoms with Gasteiger partial charge in [0.15, 0.2) is 0 Å². The fourth-order valence-electron chi connectivity index (χ4n) is 1.21. The van der Waals surface area contributed by atoms with E-state index in [0.717, 1.165) is 22.9 Å². The van der Waals surface area contributed by atoms with Gasteiger partial charge in [0.05, 0.1) is 8.95 Å². The Hall–Kier alpha value is 0.710. The minimum absolute atomic E-state index is 0. The van der Waals surface area contributed by atoms with Gasteiger partial charge in [-0.2, -0.15) is 0 Å². The third-order valence-electron chi connectivity index (χ3n) is 2.23. The molecular formula is C10H13Br3ClNO. The second kappa shape index (κ2) is 7.21. The monoisotopic (exact) mass is 435 g/mol. The smallest absolute Gasteiger partial charge is 0.144 e. The van der Waals surface area contributed by atoms with E-state index >= 15 is 0 Å². The van der Waals surface area contributed by atoms with E-state index < -0.39 is 0 Å². The summed E-state index contributed by atoms with van der Waals surface area (Å²) in [4.78, 5) is 0. The van der Waals surface area contributed by atoms with Crippen molar-refractivity contribution in [3.63, 3.8) is 0 Å². The zero-order chi connectivity index (χ0) is 11.6. The van der Waals surface area contributed by atoms with Gasteiger partial charge in [0, 0.05) is 10.5 Å². The van der Waals surface area contributed by atoms with Gasteiger partial charge in [-0.3, -0.25) is 0 Å². The van der Waals surface area contributed by atoms with E-state index in [4.69, 9.17) is 5.73 Å². The van der Waals surface area contributed by atoms with E-state index in [-0.39, 0.29) is 24.2 Å². The first kappa shape index (κ1) is 16.7. The first-order chi connectivity index (χ1) is 6.97. The number of halogens is 4. The molecule has 3 N–H and O–H groups in total. The van der Waals surface area contributed by atoms with Gasteiger partial charge in [-0.1, -0.05) is 22.9 Å². The summed E-state index contributed by atoms with van der Waals surface area (Å²) >= 11 is 10.1. The number of phenolic OH excluding ortho intramolecular Hbond substituents is 1. The van der Waals surface area contributed by atoms with Crippen LogP contribution in [0.1, 0.15) is 18.9 Å². The lowest BCUT2D eigenvalue weighted by molar-refractivity contribution is 0.466. The van der Waals surface area contributed by atoms with Crippen LogP contribution in [0, 0.1) is 0 Å². The molecule has 0 amide bonds. The Kier molecular flexibility index (Phi) is 7.53. The summed E-state index contributed by atoms with van der Waals surface area (Å²) in [6.07, 6.45) is 1.65. The first-order valence-corrected chi connectivity index (χ1v) is 6.96. The van der Waals surface area contributed by atoms with Crippen molar-refractivity contribution in [3.05, 3.63) is 25.0 Å². The summed E-state index contributed by atoms with van der Waals surface area (Å²) in [5.74, 6) is 0.219. The zero-order valence-electron chi connectivity index (χ0n) is 8.64. The first-order valence-electron chi connectivity index (χ1n) is 4.58. The van der Waals surface area contributed by atoms with E-state index in [1.165, 1.54) is 0 Å². The Balaban J connectivity index is 0.00000225. The summed E-state index contributed by atoms with van der Waals surface area (Å²) in [5, 5.41) is 9.74. The molecule has 1 aromatic carbocycles. The van der Waals surface area contributed by atoms with Gasteiger partial charge in [-0.25, -0.2) is 0 Å². The molecule has 0 fully saturated rings. The summed E-state index contributed by atoms with van der Waals surface area (Å²) in [6, 6.07) is 1.94. The molecule has 0 aromatic heterocycles. The average molecular weight is 438 g/mol. The highest BCUT2D eigenvalue weighted by atomic mass is 79.9. The minimum atomic E-state index is 0. The van der Waals surface area contributed by atoms with Crippen LogP contribution in [0.5, 0.6) is 5.75 Å². The maximum atomic E-state index is 9.74. The van der Waals surface area contributed by atoms with Crippen LogP contribution >= 0.6 is 60.2 Å². The molecule has 0 aliphatic heterocycles. The van der Waals surface area contributed by atoms with E-state index in [0.29, 0.717) is 8.95 Å². The van der Waals surface area contributed by atoms with Gasteiger partial charge in [0.2, 0.25) is 0 Å². The van der Waals surface area contributed by atoms with Gasteiger partial charge >= 0.3 is 0 Å². The van der Waals surface area contributed by atoms with E-state index in [2.05, 4.69) is 47.8 Å². The van der Waals surface area contributed by atoms with Crippen molar-refractivity contribution in [2.45, 2.75) is 25.8 Å². The molecule has 1 unspecified atom stereocenters. The van der Waals surface area contributed by atoms with Crippen LogP contribution < -0.4 is 5.73 Å². The fraction of sp³-hybridized carbons (Fsp3) is 0.400. The largest absolute Gasteiger partial charge is 0.506 e. The zero-order valence-corrected chi connectivity index (χ0v) is 14.2. The highest BCUT2D eigenvalue weighted by molar-refractivity contribution is 9.11. The Morgan fingerprint density at radius 2 is 1.88 bits per heavy atom. The topological polar surface area (TPSA) is 46.2 Å². The second-order valence-corrected chi connectivity index (χ2v) is 5.86. The SMILES string of the molecule is CCC(N)Cc1c(Br)cc(Br)c(O)c1Br.Cl. The predicted molar refractivity (Wildman–Crippen MR) is 80.4 cm³/mol. The molecule has 0 heterocycles. The highest BCUT2D eigenvalue weighted by Crippen LogP contribution is 2.39. The van der Waals surface area contributed by atoms with E-state index in [1.807, 2.05) is 13.0 Å². The molecule has 0 radical (unpaired) electrons. The van der Waals surface area contributed by atoms with E-state index in [1.54, 1.807) is 0 Å². The second-order valence-electron chi connectivity index (χ2n) is 3.35. The molecular weight excluding hydrogens is 425 g/mol. The van der Waals surface area contributed by atoms with Crippen molar-refractivity contribution in [3.8, 4) is 5.75 Å². The molecule has 92 valence electrons. The predicted octanol–water partition coefficient (Wildman–Crippen LogP) is 4.38. The van der Waals surface area contributed by atoms with Crippen molar-refractivity contribution in [2.75, 3.05) is 0 Å². The van der Waals surface area contributed by atoms with Crippen LogP contribution in [-0.2, 0) is 6.42 Å². The minimum Gasteiger partial charge on any atom is -0.506 e. The lowest BCUT2D eigenvalue weighted by Gasteiger charge is -2.14. The maximum absolute atomic E-state index is 9.74. The van der Waals surface area contributed by atoms with Gasteiger partial charge < -0.3 is 10.8 Å². The molecule has 1 aromatic rings. The number of rotatable bonds is 3. The molecule has 1 rings (SSSR count). The molecule has 0 bridgehead atoms. The Morgan fingerprint density at radius 1 is 1.31 bits per heavy atom. The lowest BCUT2D eigenvalue weighted by Crippen LogP contribution is -2.21. The summed E-state index contributed by atoms with van der Waals surface area (Å²) in [6.45, 7) is 2.05. The Labute approximate surface area is 127 Å². The molecule has 1 atom stereocenters. The third kappa shape index (κ3) is 3.88. The van der Waals surface area contributed by atoms with Crippen LogP contribution in [0.15, 0.2) is 19.5 Å². The standard InChI is InChI=1S/C10H12Br3NO.ClH/c1-2-5(14)3-6-7(11)4-8(12)10(15)9(6)13;/h4-5,15H,2-3,14H2,1H3;1H. The maximum Gasteiger partial charge on any atom is 0.144 e. The Morgan fingerprint density at radius 3 is 2.38 bits per heavy atom. The molecule has 0 saturated carbocycles. The van der Waals surface area contributed by atoms with Crippen LogP contribution in [0.4, 0.5) is 0 Å². The summed E-state index contributed by atoms with van der Waals surface area (Å²) in [5.41, 5.74) is 6.90. The van der Waals surface area contributed by atoms with Gasteiger partial charge in [0.1, 0.15) is 5.75 Å². The summed E-state index contributed by atoms with van der Waals surface area (Å²) < 4.78 is 2.31. The van der Waals surface area contributed by atoms with Crippen molar-refractivity contribution < 1.29 is 5.11 Å². The number of hydrogen-bond acceptors (Lipinski definition) is 2. The fourth-order valence-corrected chi connectivity index (χ4v) is 3.66. The normalized spacial score (nSPS) is 12.1. The van der Waals surface area contributed by atoms with Crippen molar-refractivity contribution in [1.82, 2.24) is 0 Å². The van der Waals surface area contributed by atoms with Crippen LogP contribution in [0.25, 0.3) is 0 Å². The van der Waals surface area contributed by atoms with Crippen molar-refractivity contribution >= 4 is 60.2 Å². The number of benzene rings is 1. The molecule has 2 nitrogen and oxygen atoms in total. The van der Waals surface area contributed by atoms with Crippen molar-refractivity contribution in [1.29, 1.82) is 0 Å². The molecule has 6 heteroatoms. The molecule has 0 aliphatic carbocycles. The van der Waals surface area contributed by atoms with Gasteiger partial charge in [0.25, 0.3) is 0 Å². The number of phenols is 1. The number of nitrogens with two attached hydrogens (primary N) is 1. The molecule has 16 heavy (non-hydrogen) atoms. The average Bonchev–Trinajstić information content (AvgIpc) is 2.21. The van der Waals surface area contributed by atoms with Gasteiger partial charge in [-0.15, -0.1) is 12.4 Å². The van der Waals surface area contributed by atoms with Crippen LogP contribution in [-0.4, -0.2) is 11.1 Å². The van der Waals surface area contributed by atoms with Crippen molar-refractivity contribution in [2.24, 2.45) is 5.73 Å². The highest BCUT2D eigenvalue weighted by Gasteiger charge is 2.15. The Bertz CT molecular complexity index is 374. The third-order valence-corrected chi connectivity index (χ3v) is 4.40. The number of hydrogen-bond donors (Lipinski definition) is 2. The van der Waals surface area contributed by atoms with E-state index in [9.17, 15) is 5.11 Å². The van der Waals surface area contributed by atoms with Gasteiger partial charge in [-0.05, 0) is 56.3 Å².